The number of piperazine rings is 1. The van der Waals surface area contributed by atoms with Crippen molar-refractivity contribution in [3.05, 3.63) is 53.6 Å². The van der Waals surface area contributed by atoms with Crippen LogP contribution in [-0.2, 0) is 10.0 Å². The van der Waals surface area contributed by atoms with Crippen LogP contribution in [0, 0.1) is 11.3 Å². The fraction of sp³-hybridized carbons (Fsp3) is 0.263. The second-order valence-corrected chi connectivity index (χ2v) is 7.97. The summed E-state index contributed by atoms with van der Waals surface area (Å²) in [5.74, 6) is -0.0330. The Morgan fingerprint density at radius 1 is 1.04 bits per heavy atom. The van der Waals surface area contributed by atoms with Gasteiger partial charge in [-0.3, -0.25) is 4.79 Å². The molecule has 2 aromatic carbocycles. The van der Waals surface area contributed by atoms with Crippen molar-refractivity contribution in [1.82, 2.24) is 0 Å². The number of anilines is 2. The molecule has 27 heavy (non-hydrogen) atoms. The molecule has 3 rings (SSSR count). The van der Waals surface area contributed by atoms with Gasteiger partial charge in [0.25, 0.3) is 0 Å². The van der Waals surface area contributed by atoms with Gasteiger partial charge >= 0.3 is 0 Å². The highest BCUT2D eigenvalue weighted by Crippen LogP contribution is 2.25. The van der Waals surface area contributed by atoms with E-state index in [0.717, 1.165) is 11.4 Å². The van der Waals surface area contributed by atoms with Gasteiger partial charge in [0.1, 0.15) is 6.07 Å². The van der Waals surface area contributed by atoms with Crippen LogP contribution in [0.25, 0.3) is 0 Å². The maximum atomic E-state index is 11.7. The van der Waals surface area contributed by atoms with E-state index >= 15 is 0 Å². The van der Waals surface area contributed by atoms with Gasteiger partial charge in [-0.1, -0.05) is 0 Å². The van der Waals surface area contributed by atoms with Gasteiger partial charge in [0.05, 0.1) is 16.1 Å². The fourth-order valence-corrected chi connectivity index (χ4v) is 3.67. The first kappa shape index (κ1) is 18.9. The lowest BCUT2D eigenvalue weighted by molar-refractivity contribution is 0.101. The Balaban J connectivity index is 1.75. The molecule has 0 spiro atoms. The number of Topliss-reactive ketones (excluding diaryl/α,β-unsaturated/α-hetero) is 1. The summed E-state index contributed by atoms with van der Waals surface area (Å²) in [6.07, 6.45) is 0. The third-order valence-electron chi connectivity index (χ3n) is 4.68. The van der Waals surface area contributed by atoms with Crippen LogP contribution in [0.3, 0.4) is 0 Å². The van der Waals surface area contributed by atoms with E-state index in [1.807, 2.05) is 0 Å². The third kappa shape index (κ3) is 4.10. The fourth-order valence-electron chi connectivity index (χ4n) is 3.16. The maximum Gasteiger partial charge on any atom is 0.238 e. The number of hydrogen-bond donors (Lipinski definition) is 1. The van der Waals surface area contributed by atoms with Crippen LogP contribution in [0.2, 0.25) is 0 Å². The lowest BCUT2D eigenvalue weighted by atomic mass is 10.1. The highest BCUT2D eigenvalue weighted by atomic mass is 32.2. The molecule has 2 aromatic rings. The molecule has 1 saturated heterocycles. The first-order chi connectivity index (χ1) is 12.8. The van der Waals surface area contributed by atoms with Gasteiger partial charge in [0.15, 0.2) is 5.78 Å². The lowest BCUT2D eigenvalue weighted by Crippen LogP contribution is -2.46. The summed E-state index contributed by atoms with van der Waals surface area (Å²) in [5.41, 5.74) is 2.82. The predicted octanol–water partition coefficient (Wildman–Crippen LogP) is 1.73. The Labute approximate surface area is 158 Å². The smallest absolute Gasteiger partial charge is 0.238 e. The van der Waals surface area contributed by atoms with E-state index in [2.05, 4.69) is 15.9 Å². The highest BCUT2D eigenvalue weighted by molar-refractivity contribution is 7.89. The summed E-state index contributed by atoms with van der Waals surface area (Å²) >= 11 is 0. The topological polar surface area (TPSA) is 108 Å². The second kappa shape index (κ2) is 7.39. The standard InChI is InChI=1S/C19H20N4O3S/c1-14(24)15-2-3-16(13-20)19(12-15)23-10-8-22(9-11-23)17-4-6-18(7-5-17)27(21,25)26/h2-7,12H,8-11H2,1H3,(H2,21,25,26). The molecule has 0 aromatic heterocycles. The number of hydrogen-bond acceptors (Lipinski definition) is 6. The average molecular weight is 384 g/mol. The Hall–Kier alpha value is -2.89. The molecule has 0 radical (unpaired) electrons. The van der Waals surface area contributed by atoms with Gasteiger partial charge < -0.3 is 9.80 Å². The van der Waals surface area contributed by atoms with E-state index < -0.39 is 10.0 Å². The zero-order chi connectivity index (χ0) is 19.6. The van der Waals surface area contributed by atoms with Crippen LogP contribution in [0.1, 0.15) is 22.8 Å². The number of primary sulfonamides is 1. The molecule has 1 heterocycles. The van der Waals surface area contributed by atoms with Gasteiger partial charge in [-0.15, -0.1) is 0 Å². The number of carbonyl (C=O) groups is 1. The molecule has 1 fully saturated rings. The van der Waals surface area contributed by atoms with Crippen LogP contribution in [0.15, 0.2) is 47.4 Å². The van der Waals surface area contributed by atoms with Crippen molar-refractivity contribution in [2.75, 3.05) is 36.0 Å². The molecule has 8 heteroatoms. The molecule has 140 valence electrons. The number of rotatable bonds is 4. The van der Waals surface area contributed by atoms with Crippen LogP contribution in [0.4, 0.5) is 11.4 Å². The number of ketones is 1. The molecule has 2 N–H and O–H groups in total. The van der Waals surface area contributed by atoms with E-state index in [0.29, 0.717) is 37.3 Å². The first-order valence-electron chi connectivity index (χ1n) is 8.47. The van der Waals surface area contributed by atoms with Crippen LogP contribution >= 0.6 is 0 Å². The SMILES string of the molecule is CC(=O)c1ccc(C#N)c(N2CCN(c3ccc(S(N)(=O)=O)cc3)CC2)c1. The van der Waals surface area contributed by atoms with E-state index in [-0.39, 0.29) is 10.7 Å². The number of carbonyl (C=O) groups excluding carboxylic acids is 1. The first-order valence-corrected chi connectivity index (χ1v) is 10.0. The minimum Gasteiger partial charge on any atom is -0.368 e. The van der Waals surface area contributed by atoms with E-state index in [4.69, 9.17) is 5.14 Å². The predicted molar refractivity (Wildman–Crippen MR) is 103 cm³/mol. The van der Waals surface area contributed by atoms with Crippen molar-refractivity contribution in [3.63, 3.8) is 0 Å². The van der Waals surface area contributed by atoms with Crippen molar-refractivity contribution in [2.45, 2.75) is 11.8 Å². The summed E-state index contributed by atoms with van der Waals surface area (Å²) in [7, 11) is -3.70. The summed E-state index contributed by atoms with van der Waals surface area (Å²) in [6, 6.07) is 13.8. The average Bonchev–Trinajstić information content (AvgIpc) is 2.67. The van der Waals surface area contributed by atoms with Crippen LogP contribution in [0.5, 0.6) is 0 Å². The minimum absolute atomic E-state index is 0.0330. The summed E-state index contributed by atoms with van der Waals surface area (Å²) in [4.78, 5) is 16.0. The Morgan fingerprint density at radius 3 is 2.15 bits per heavy atom. The molecule has 0 saturated carbocycles. The largest absolute Gasteiger partial charge is 0.368 e. The van der Waals surface area contributed by atoms with Crippen LogP contribution < -0.4 is 14.9 Å². The molecule has 1 aliphatic heterocycles. The third-order valence-corrected chi connectivity index (χ3v) is 5.60. The molecule has 1 aliphatic rings. The molecule has 0 amide bonds. The molecule has 0 atom stereocenters. The normalized spacial score (nSPS) is 14.7. The van der Waals surface area contributed by atoms with Gasteiger partial charge in [-0.2, -0.15) is 5.26 Å². The molecule has 0 bridgehead atoms. The number of nitrogens with two attached hydrogens (primary N) is 1. The van der Waals surface area contributed by atoms with Crippen molar-refractivity contribution in [2.24, 2.45) is 5.14 Å². The molecular weight excluding hydrogens is 364 g/mol. The number of nitriles is 1. The maximum absolute atomic E-state index is 11.7. The number of nitrogens with zero attached hydrogens (tertiary/aromatic N) is 3. The summed E-state index contributed by atoms with van der Waals surface area (Å²) < 4.78 is 22.7. The monoisotopic (exact) mass is 384 g/mol. The van der Waals surface area contributed by atoms with E-state index in [1.54, 1.807) is 30.3 Å². The van der Waals surface area contributed by atoms with Crippen LogP contribution in [-0.4, -0.2) is 40.4 Å². The van der Waals surface area contributed by atoms with E-state index in [9.17, 15) is 18.5 Å². The van der Waals surface area contributed by atoms with Crippen molar-refractivity contribution in [1.29, 1.82) is 5.26 Å². The number of benzene rings is 2. The zero-order valence-corrected chi connectivity index (χ0v) is 15.7. The highest BCUT2D eigenvalue weighted by Gasteiger charge is 2.21. The van der Waals surface area contributed by atoms with Gasteiger partial charge in [-0.05, 0) is 49.4 Å². The van der Waals surface area contributed by atoms with Gasteiger partial charge in [0.2, 0.25) is 10.0 Å². The zero-order valence-electron chi connectivity index (χ0n) is 14.9. The van der Waals surface area contributed by atoms with Crippen molar-refractivity contribution < 1.29 is 13.2 Å². The minimum atomic E-state index is -3.70. The Kier molecular flexibility index (Phi) is 5.17. The van der Waals surface area contributed by atoms with Crippen molar-refractivity contribution in [3.8, 4) is 6.07 Å². The Bertz CT molecular complexity index is 1000. The summed E-state index contributed by atoms with van der Waals surface area (Å²) in [5, 5.41) is 14.5. The van der Waals surface area contributed by atoms with E-state index in [1.165, 1.54) is 19.1 Å². The Morgan fingerprint density at radius 2 is 1.63 bits per heavy atom. The molecule has 0 aliphatic carbocycles. The molecule has 7 nitrogen and oxygen atoms in total. The second-order valence-electron chi connectivity index (χ2n) is 6.41. The lowest BCUT2D eigenvalue weighted by Gasteiger charge is -2.37. The van der Waals surface area contributed by atoms with Gasteiger partial charge in [0, 0.05) is 37.4 Å². The van der Waals surface area contributed by atoms with Crippen molar-refractivity contribution >= 4 is 27.2 Å². The molecule has 0 unspecified atom stereocenters. The molecular formula is C19H20N4O3S. The van der Waals surface area contributed by atoms with Gasteiger partial charge in [-0.25, -0.2) is 13.6 Å². The summed E-state index contributed by atoms with van der Waals surface area (Å²) in [6.45, 7) is 4.31. The quantitative estimate of drug-likeness (QED) is 0.805. The number of sulfonamides is 1.